The van der Waals surface area contributed by atoms with Gasteiger partial charge in [-0.3, -0.25) is 0 Å². The van der Waals surface area contributed by atoms with Crippen LogP contribution in [0.1, 0.15) is 26.2 Å². The number of halogens is 3. The third-order valence-corrected chi connectivity index (χ3v) is 4.74. The molecule has 0 nitrogen and oxygen atoms in total. The Balaban J connectivity index is 2.09. The van der Waals surface area contributed by atoms with Crippen molar-refractivity contribution in [3.8, 4) is 0 Å². The molecule has 0 saturated heterocycles. The van der Waals surface area contributed by atoms with Gasteiger partial charge in [-0.05, 0) is 26.2 Å². The highest BCUT2D eigenvalue weighted by molar-refractivity contribution is 6.49. The first kappa shape index (κ1) is 9.18. The first-order valence-electron chi connectivity index (χ1n) is 4.04. The molecule has 0 amide bonds. The molecule has 0 spiro atoms. The van der Waals surface area contributed by atoms with Crippen molar-refractivity contribution in [1.29, 1.82) is 0 Å². The van der Waals surface area contributed by atoms with E-state index >= 15 is 0 Å². The fraction of sp³-hybridized carbons (Fsp3) is 0.778. The molecule has 12 heavy (non-hydrogen) atoms. The van der Waals surface area contributed by atoms with Crippen molar-refractivity contribution in [3.05, 3.63) is 11.6 Å². The zero-order chi connectivity index (χ0) is 9.20. The van der Waals surface area contributed by atoms with E-state index in [1.165, 1.54) is 0 Å². The van der Waals surface area contributed by atoms with Gasteiger partial charge >= 0.3 is 0 Å². The van der Waals surface area contributed by atoms with Gasteiger partial charge < -0.3 is 0 Å². The number of rotatable bonds is 2. The van der Waals surface area contributed by atoms with Crippen LogP contribution >= 0.6 is 34.8 Å². The molecule has 0 aliphatic heterocycles. The Hall–Kier alpha value is 0.610. The molecular weight excluding hydrogens is 214 g/mol. The van der Waals surface area contributed by atoms with Gasteiger partial charge in [0.15, 0.2) is 0 Å². The monoisotopic (exact) mass is 224 g/mol. The van der Waals surface area contributed by atoms with Crippen LogP contribution in [0.25, 0.3) is 0 Å². The molecule has 3 saturated carbocycles. The van der Waals surface area contributed by atoms with Gasteiger partial charge in [-0.1, -0.05) is 18.2 Å². The van der Waals surface area contributed by atoms with Crippen molar-refractivity contribution < 1.29 is 0 Å². The maximum Gasteiger partial charge on any atom is 0.121 e. The smallest absolute Gasteiger partial charge is 0.101 e. The number of alkyl halides is 2. The predicted octanol–water partition coefficient (Wildman–Crippen LogP) is 4.10. The third-order valence-electron chi connectivity index (χ3n) is 3.54. The fourth-order valence-corrected chi connectivity index (χ4v) is 3.14. The highest BCUT2D eigenvalue weighted by Gasteiger charge is 2.74. The zero-order valence-electron chi connectivity index (χ0n) is 6.96. The van der Waals surface area contributed by atoms with Crippen LogP contribution in [0.4, 0.5) is 0 Å². The third kappa shape index (κ3) is 0.867. The summed E-state index contributed by atoms with van der Waals surface area (Å²) in [6.45, 7) is 5.65. The molecule has 3 heteroatoms. The maximum atomic E-state index is 6.07. The quantitative estimate of drug-likeness (QED) is 0.621. The van der Waals surface area contributed by atoms with E-state index in [0.29, 0.717) is 0 Å². The molecule has 0 aromatic rings. The highest BCUT2D eigenvalue weighted by atomic mass is 35.5. The summed E-state index contributed by atoms with van der Waals surface area (Å²) in [5.41, 5.74) is 0.320. The molecular formula is C9H11Cl3. The molecule has 0 unspecified atom stereocenters. The van der Waals surface area contributed by atoms with Crippen molar-refractivity contribution in [1.82, 2.24) is 0 Å². The summed E-state index contributed by atoms with van der Waals surface area (Å²) >= 11 is 18.0. The summed E-state index contributed by atoms with van der Waals surface area (Å²) in [4.78, 5) is 0. The number of hydrogen-bond acceptors (Lipinski definition) is 0. The van der Waals surface area contributed by atoms with Gasteiger partial charge in [-0.15, -0.1) is 23.2 Å². The minimum Gasteiger partial charge on any atom is -0.101 e. The van der Waals surface area contributed by atoms with E-state index in [0.717, 1.165) is 24.3 Å². The van der Waals surface area contributed by atoms with E-state index in [9.17, 15) is 0 Å². The molecule has 0 radical (unpaired) electrons. The van der Waals surface area contributed by atoms with Gasteiger partial charge in [0.25, 0.3) is 0 Å². The average molecular weight is 226 g/mol. The lowest BCUT2D eigenvalue weighted by Gasteiger charge is -2.73. The van der Waals surface area contributed by atoms with E-state index in [-0.39, 0.29) is 10.8 Å². The lowest BCUT2D eigenvalue weighted by molar-refractivity contribution is -0.178. The van der Waals surface area contributed by atoms with E-state index < -0.39 is 4.33 Å². The van der Waals surface area contributed by atoms with Gasteiger partial charge in [0, 0.05) is 15.9 Å². The summed E-state index contributed by atoms with van der Waals surface area (Å²) in [6, 6.07) is 0. The maximum absolute atomic E-state index is 6.07. The van der Waals surface area contributed by atoms with Gasteiger partial charge in [0.05, 0.1) is 0 Å². The van der Waals surface area contributed by atoms with Crippen LogP contribution in [0.3, 0.4) is 0 Å². The van der Waals surface area contributed by atoms with Crippen molar-refractivity contribution >= 4 is 34.8 Å². The van der Waals surface area contributed by atoms with Crippen molar-refractivity contribution in [2.75, 3.05) is 0 Å². The molecule has 0 N–H and O–H groups in total. The van der Waals surface area contributed by atoms with Crippen LogP contribution in [0.2, 0.25) is 0 Å². The van der Waals surface area contributed by atoms with E-state index in [4.69, 9.17) is 34.8 Å². The molecule has 68 valence electrons. The molecule has 3 aliphatic carbocycles. The topological polar surface area (TPSA) is 0 Å². The molecule has 2 bridgehead atoms. The Morgan fingerprint density at radius 2 is 1.75 bits per heavy atom. The van der Waals surface area contributed by atoms with Crippen LogP contribution in [0.15, 0.2) is 11.6 Å². The summed E-state index contributed by atoms with van der Waals surface area (Å²) in [6.07, 6.45) is 3.06. The summed E-state index contributed by atoms with van der Waals surface area (Å²) in [5, 5.41) is 0.780. The van der Waals surface area contributed by atoms with E-state index in [1.807, 2.05) is 6.92 Å². The molecule has 0 atom stereocenters. The molecule has 3 rings (SSSR count). The van der Waals surface area contributed by atoms with Crippen molar-refractivity contribution in [3.63, 3.8) is 0 Å². The SMILES string of the molecule is C=C(Cl)C12CC(C(C)(Cl)Cl)(C1)C2. The van der Waals surface area contributed by atoms with E-state index in [1.54, 1.807) is 0 Å². The standard InChI is InChI=1S/C9H11Cl3/c1-6(10)8-3-9(4-8,5-8)7(2,11)12/h1,3-5H2,2H3. The molecule has 0 heterocycles. The molecule has 3 aliphatic rings. The van der Waals surface area contributed by atoms with Gasteiger partial charge in [0.1, 0.15) is 4.33 Å². The Labute approximate surface area is 87.9 Å². The average Bonchev–Trinajstić information content (AvgIpc) is 1.46. The summed E-state index contributed by atoms with van der Waals surface area (Å²) in [5.74, 6) is 0. The molecule has 0 aromatic carbocycles. The largest absolute Gasteiger partial charge is 0.121 e. The highest BCUT2D eigenvalue weighted by Crippen LogP contribution is 2.81. The van der Waals surface area contributed by atoms with Crippen LogP contribution in [0.5, 0.6) is 0 Å². The first-order valence-corrected chi connectivity index (χ1v) is 5.18. The van der Waals surface area contributed by atoms with Gasteiger partial charge in [0.2, 0.25) is 0 Å². The predicted molar refractivity (Wildman–Crippen MR) is 53.8 cm³/mol. The van der Waals surface area contributed by atoms with Crippen LogP contribution in [0, 0.1) is 10.8 Å². The Kier molecular flexibility index (Phi) is 1.65. The Morgan fingerprint density at radius 3 is 2.00 bits per heavy atom. The van der Waals surface area contributed by atoms with E-state index in [2.05, 4.69) is 6.58 Å². The van der Waals surface area contributed by atoms with Crippen LogP contribution < -0.4 is 0 Å². The fourth-order valence-electron chi connectivity index (χ4n) is 2.54. The van der Waals surface area contributed by atoms with Gasteiger partial charge in [-0.2, -0.15) is 0 Å². The second-order valence-electron chi connectivity index (χ2n) is 4.38. The van der Waals surface area contributed by atoms with Crippen molar-refractivity contribution in [2.24, 2.45) is 10.8 Å². The second-order valence-corrected chi connectivity index (χ2v) is 6.55. The zero-order valence-corrected chi connectivity index (χ0v) is 9.23. The Morgan fingerprint density at radius 1 is 1.33 bits per heavy atom. The number of allylic oxidation sites excluding steroid dienone is 1. The molecule has 0 aromatic heterocycles. The van der Waals surface area contributed by atoms with Crippen LogP contribution in [-0.2, 0) is 0 Å². The normalized spacial score (nSPS) is 44.7. The lowest BCUT2D eigenvalue weighted by atomic mass is 9.34. The minimum atomic E-state index is -0.596. The number of hydrogen-bond donors (Lipinski definition) is 0. The Bertz CT molecular complexity index is 229. The van der Waals surface area contributed by atoms with Crippen LogP contribution in [-0.4, -0.2) is 4.33 Å². The second kappa shape index (κ2) is 2.16. The summed E-state index contributed by atoms with van der Waals surface area (Å²) < 4.78 is -0.596. The lowest BCUT2D eigenvalue weighted by Crippen LogP contribution is -2.67. The van der Waals surface area contributed by atoms with Crippen molar-refractivity contribution in [2.45, 2.75) is 30.5 Å². The summed E-state index contributed by atoms with van der Waals surface area (Å²) in [7, 11) is 0. The molecule has 3 fully saturated rings. The first-order chi connectivity index (χ1) is 5.31. The minimum absolute atomic E-state index is 0.133. The van der Waals surface area contributed by atoms with Gasteiger partial charge in [-0.25, -0.2) is 0 Å².